The van der Waals surface area contributed by atoms with E-state index in [9.17, 15) is 5.11 Å². The van der Waals surface area contributed by atoms with Gasteiger partial charge in [-0.15, -0.1) is 0 Å². The maximum absolute atomic E-state index is 9.81. The normalized spacial score (nSPS) is 34.8. The highest BCUT2D eigenvalue weighted by molar-refractivity contribution is 5.22. The van der Waals surface area contributed by atoms with Gasteiger partial charge in [-0.2, -0.15) is 0 Å². The first-order valence-electron chi connectivity index (χ1n) is 6.66. The van der Waals surface area contributed by atoms with Crippen LogP contribution in [0.3, 0.4) is 0 Å². The fraction of sp³-hybridized carbons (Fsp3) is 0.733. The van der Waals surface area contributed by atoms with Crippen molar-refractivity contribution < 1.29 is 14.6 Å². The van der Waals surface area contributed by atoms with Crippen molar-refractivity contribution in [3.8, 4) is 0 Å². The minimum atomic E-state index is -0.577. The van der Waals surface area contributed by atoms with Gasteiger partial charge in [0.15, 0.2) is 5.79 Å². The Bertz CT molecular complexity index is 362. The van der Waals surface area contributed by atoms with Crippen molar-refractivity contribution >= 4 is 0 Å². The first-order valence-corrected chi connectivity index (χ1v) is 6.66. The lowest BCUT2D eigenvalue weighted by Gasteiger charge is -2.39. The van der Waals surface area contributed by atoms with Gasteiger partial charge in [-0.05, 0) is 31.8 Å². The molecule has 1 aliphatic heterocycles. The third kappa shape index (κ3) is 2.85. The Kier molecular flexibility index (Phi) is 3.67. The summed E-state index contributed by atoms with van der Waals surface area (Å²) in [6.45, 7) is 9.73. The zero-order chi connectivity index (χ0) is 13.4. The molecule has 0 bridgehead atoms. The Morgan fingerprint density at radius 2 is 1.89 bits per heavy atom. The van der Waals surface area contributed by atoms with Crippen molar-refractivity contribution in [3.05, 3.63) is 23.8 Å². The Hall–Kier alpha value is -0.640. The summed E-state index contributed by atoms with van der Waals surface area (Å²) in [6.07, 6.45) is 6.61. The van der Waals surface area contributed by atoms with Crippen LogP contribution in [0.25, 0.3) is 0 Å². The van der Waals surface area contributed by atoms with Gasteiger partial charge in [0.25, 0.3) is 0 Å². The molecule has 2 rings (SSSR count). The van der Waals surface area contributed by atoms with Crippen LogP contribution >= 0.6 is 0 Å². The molecule has 3 nitrogen and oxygen atoms in total. The maximum Gasteiger partial charge on any atom is 0.185 e. The number of rotatable bonds is 2. The van der Waals surface area contributed by atoms with Crippen molar-refractivity contribution in [2.24, 2.45) is 11.3 Å². The number of aliphatic hydroxyl groups excluding tert-OH is 1. The minimum absolute atomic E-state index is 0.0592. The molecule has 1 N–H and O–H groups in total. The second-order valence-corrected chi connectivity index (χ2v) is 6.22. The van der Waals surface area contributed by atoms with Gasteiger partial charge in [0.05, 0.1) is 19.3 Å². The lowest BCUT2D eigenvalue weighted by atomic mass is 9.67. The average molecular weight is 252 g/mol. The summed E-state index contributed by atoms with van der Waals surface area (Å²) >= 11 is 0. The lowest BCUT2D eigenvalue weighted by molar-refractivity contribution is -0.100. The summed E-state index contributed by atoms with van der Waals surface area (Å²) in [6, 6.07) is 0. The topological polar surface area (TPSA) is 38.7 Å². The van der Waals surface area contributed by atoms with Gasteiger partial charge < -0.3 is 14.6 Å². The zero-order valence-electron chi connectivity index (χ0n) is 11.8. The molecule has 3 heteroatoms. The molecular weight excluding hydrogens is 228 g/mol. The van der Waals surface area contributed by atoms with Crippen LogP contribution < -0.4 is 0 Å². The van der Waals surface area contributed by atoms with Gasteiger partial charge in [-0.3, -0.25) is 0 Å². The van der Waals surface area contributed by atoms with Gasteiger partial charge in [0, 0.05) is 5.92 Å². The molecule has 2 atom stereocenters. The van der Waals surface area contributed by atoms with Crippen molar-refractivity contribution in [1.82, 2.24) is 0 Å². The SMILES string of the molecule is CC1=CC(O)CC(C)(C)C1/C=C/C1(C)OCCO1. The lowest BCUT2D eigenvalue weighted by Crippen LogP contribution is -2.33. The van der Waals surface area contributed by atoms with Crippen molar-refractivity contribution in [1.29, 1.82) is 0 Å². The number of hydrogen-bond donors (Lipinski definition) is 1. The maximum atomic E-state index is 9.81. The van der Waals surface area contributed by atoms with Gasteiger partial charge in [0.2, 0.25) is 0 Å². The molecule has 1 heterocycles. The van der Waals surface area contributed by atoms with Crippen LogP contribution in [0.1, 0.15) is 34.1 Å². The Balaban J connectivity index is 2.16. The first-order chi connectivity index (χ1) is 8.32. The Morgan fingerprint density at radius 1 is 1.28 bits per heavy atom. The first kappa shape index (κ1) is 13.8. The smallest absolute Gasteiger partial charge is 0.185 e. The molecule has 1 saturated heterocycles. The molecule has 1 fully saturated rings. The summed E-state index contributed by atoms with van der Waals surface area (Å²) in [7, 11) is 0. The second-order valence-electron chi connectivity index (χ2n) is 6.22. The van der Waals surface area contributed by atoms with Crippen molar-refractivity contribution in [2.45, 2.75) is 46.0 Å². The molecule has 2 unspecified atom stereocenters. The van der Waals surface area contributed by atoms with Crippen LogP contribution in [0.5, 0.6) is 0 Å². The largest absolute Gasteiger partial charge is 0.389 e. The van der Waals surface area contributed by atoms with Crippen LogP contribution in [0.2, 0.25) is 0 Å². The molecule has 0 amide bonds. The number of aliphatic hydroxyl groups is 1. The van der Waals surface area contributed by atoms with Gasteiger partial charge >= 0.3 is 0 Å². The fourth-order valence-electron chi connectivity index (χ4n) is 3.06. The highest BCUT2D eigenvalue weighted by atomic mass is 16.7. The molecule has 18 heavy (non-hydrogen) atoms. The highest BCUT2D eigenvalue weighted by Gasteiger charge is 2.36. The van der Waals surface area contributed by atoms with E-state index in [-0.39, 0.29) is 11.5 Å². The van der Waals surface area contributed by atoms with Crippen LogP contribution in [-0.2, 0) is 9.47 Å². The Morgan fingerprint density at radius 3 is 2.44 bits per heavy atom. The molecular formula is C15H24O3. The average Bonchev–Trinajstić information content (AvgIpc) is 2.62. The standard InChI is InChI=1S/C15H24O3/c1-11-9-12(16)10-14(2,3)13(11)5-6-15(4)17-7-8-18-15/h5-6,9,12-13,16H,7-8,10H2,1-4H3/b6-5+. The molecule has 0 aromatic carbocycles. The summed E-state index contributed by atoms with van der Waals surface area (Å²) in [5.41, 5.74) is 1.28. The van der Waals surface area contributed by atoms with E-state index in [0.29, 0.717) is 19.1 Å². The zero-order valence-corrected chi connectivity index (χ0v) is 11.8. The number of hydrogen-bond acceptors (Lipinski definition) is 3. The predicted octanol–water partition coefficient (Wildman–Crippen LogP) is 2.66. The fourth-order valence-corrected chi connectivity index (χ4v) is 3.06. The van der Waals surface area contributed by atoms with Crippen LogP contribution in [0.15, 0.2) is 23.8 Å². The van der Waals surface area contributed by atoms with Crippen LogP contribution in [0.4, 0.5) is 0 Å². The van der Waals surface area contributed by atoms with Gasteiger partial charge in [0.1, 0.15) is 0 Å². The number of allylic oxidation sites excluding steroid dienone is 2. The van der Waals surface area contributed by atoms with Crippen molar-refractivity contribution in [3.63, 3.8) is 0 Å². The highest BCUT2D eigenvalue weighted by Crippen LogP contribution is 2.42. The molecule has 1 aliphatic carbocycles. The summed E-state index contributed by atoms with van der Waals surface area (Å²) in [5.74, 6) is -0.252. The summed E-state index contributed by atoms with van der Waals surface area (Å²) in [5, 5.41) is 9.81. The van der Waals surface area contributed by atoms with E-state index in [1.807, 2.05) is 19.1 Å². The van der Waals surface area contributed by atoms with E-state index >= 15 is 0 Å². The van der Waals surface area contributed by atoms with Crippen molar-refractivity contribution in [2.75, 3.05) is 13.2 Å². The monoisotopic (exact) mass is 252 g/mol. The summed E-state index contributed by atoms with van der Waals surface area (Å²) < 4.78 is 11.2. The second kappa shape index (κ2) is 4.80. The molecule has 0 aromatic heterocycles. The minimum Gasteiger partial charge on any atom is -0.389 e. The molecule has 0 spiro atoms. The summed E-state index contributed by atoms with van der Waals surface area (Å²) in [4.78, 5) is 0. The van der Waals surface area contributed by atoms with Gasteiger partial charge in [-0.25, -0.2) is 0 Å². The molecule has 0 aromatic rings. The van der Waals surface area contributed by atoms with E-state index in [4.69, 9.17) is 9.47 Å². The third-order valence-corrected chi connectivity index (χ3v) is 3.98. The van der Waals surface area contributed by atoms with E-state index in [2.05, 4.69) is 26.8 Å². The molecule has 0 saturated carbocycles. The molecule has 0 radical (unpaired) electrons. The van der Waals surface area contributed by atoms with E-state index < -0.39 is 5.79 Å². The number of ether oxygens (including phenoxy) is 2. The quantitative estimate of drug-likeness (QED) is 0.768. The molecule has 2 aliphatic rings. The Labute approximate surface area is 109 Å². The van der Waals surface area contributed by atoms with E-state index in [1.165, 1.54) is 5.57 Å². The van der Waals surface area contributed by atoms with E-state index in [1.54, 1.807) is 0 Å². The molecule has 102 valence electrons. The van der Waals surface area contributed by atoms with Crippen LogP contribution in [0, 0.1) is 11.3 Å². The predicted molar refractivity (Wildman–Crippen MR) is 71.1 cm³/mol. The van der Waals surface area contributed by atoms with Crippen LogP contribution in [-0.4, -0.2) is 30.2 Å². The third-order valence-electron chi connectivity index (χ3n) is 3.98. The van der Waals surface area contributed by atoms with Gasteiger partial charge in [-0.1, -0.05) is 31.6 Å². The van der Waals surface area contributed by atoms with E-state index in [0.717, 1.165) is 6.42 Å².